The number of nitrogen functional groups attached to an aromatic ring is 2. The van der Waals surface area contributed by atoms with Crippen LogP contribution >= 0.6 is 11.3 Å². The number of aromatic amines is 1. The second-order valence-corrected chi connectivity index (χ2v) is 5.03. The Labute approximate surface area is 118 Å². The zero-order valence-electron chi connectivity index (χ0n) is 10.6. The lowest BCUT2D eigenvalue weighted by molar-refractivity contribution is 0.415. The number of methoxy groups -OCH3 is 1. The van der Waals surface area contributed by atoms with E-state index in [0.717, 1.165) is 16.0 Å². The molecular formula is C11H13N7OS. The van der Waals surface area contributed by atoms with Crippen molar-refractivity contribution in [2.45, 2.75) is 0 Å². The van der Waals surface area contributed by atoms with Crippen LogP contribution in [0.2, 0.25) is 0 Å². The highest BCUT2D eigenvalue weighted by atomic mass is 32.1. The molecule has 9 heteroatoms. The van der Waals surface area contributed by atoms with Crippen molar-refractivity contribution in [3.05, 3.63) is 18.2 Å². The molecule has 0 saturated carbocycles. The standard InChI is InChI=1S/C11H13N7OS/c1-19-5-2-3-6-7(4-5)20-11(14-6)18-15-8-9(12)16-17-10(8)13/h2-4,15H,1H3,(H,14,18)(H5,12,13,16,17). The number of nitrogens with zero attached hydrogens (tertiary/aromatic N) is 2. The summed E-state index contributed by atoms with van der Waals surface area (Å²) in [6.45, 7) is 0. The highest BCUT2D eigenvalue weighted by molar-refractivity contribution is 7.22. The van der Waals surface area contributed by atoms with E-state index in [2.05, 4.69) is 26.0 Å². The van der Waals surface area contributed by atoms with Crippen molar-refractivity contribution in [2.75, 3.05) is 29.4 Å². The maximum atomic E-state index is 5.68. The molecule has 0 saturated heterocycles. The number of ether oxygens (including phenoxy) is 1. The van der Waals surface area contributed by atoms with Crippen LogP contribution in [0.25, 0.3) is 10.2 Å². The van der Waals surface area contributed by atoms with Crippen LogP contribution in [0.3, 0.4) is 0 Å². The molecule has 0 aliphatic heterocycles. The van der Waals surface area contributed by atoms with Gasteiger partial charge in [0.05, 0.1) is 17.3 Å². The van der Waals surface area contributed by atoms with Gasteiger partial charge >= 0.3 is 0 Å². The molecule has 7 N–H and O–H groups in total. The highest BCUT2D eigenvalue weighted by Crippen LogP contribution is 2.30. The van der Waals surface area contributed by atoms with Crippen LogP contribution in [-0.2, 0) is 0 Å². The minimum Gasteiger partial charge on any atom is -0.497 e. The SMILES string of the molecule is COc1ccc2nc(NNc3c(N)n[nH]c3N)sc2c1. The van der Waals surface area contributed by atoms with Crippen molar-refractivity contribution < 1.29 is 4.74 Å². The molecule has 0 amide bonds. The van der Waals surface area contributed by atoms with E-state index in [1.54, 1.807) is 7.11 Å². The molecule has 2 aromatic heterocycles. The van der Waals surface area contributed by atoms with Crippen LogP contribution < -0.4 is 27.1 Å². The first kappa shape index (κ1) is 12.4. The summed E-state index contributed by atoms with van der Waals surface area (Å²) in [5.41, 5.74) is 18.6. The lowest BCUT2D eigenvalue weighted by Gasteiger charge is -2.05. The molecule has 3 aromatic rings. The molecule has 1 aromatic carbocycles. The maximum Gasteiger partial charge on any atom is 0.202 e. The van der Waals surface area contributed by atoms with Gasteiger partial charge in [0.2, 0.25) is 5.13 Å². The van der Waals surface area contributed by atoms with Crippen molar-refractivity contribution in [1.29, 1.82) is 0 Å². The number of hydrogen-bond donors (Lipinski definition) is 5. The quantitative estimate of drug-likeness (QED) is 0.462. The second-order valence-electron chi connectivity index (χ2n) is 4.00. The molecule has 0 radical (unpaired) electrons. The van der Waals surface area contributed by atoms with E-state index in [-0.39, 0.29) is 5.82 Å². The largest absolute Gasteiger partial charge is 0.497 e. The van der Waals surface area contributed by atoms with Crippen LogP contribution in [0.1, 0.15) is 0 Å². The monoisotopic (exact) mass is 291 g/mol. The molecular weight excluding hydrogens is 278 g/mol. The number of H-pyrrole nitrogens is 1. The summed E-state index contributed by atoms with van der Waals surface area (Å²) in [4.78, 5) is 4.42. The summed E-state index contributed by atoms with van der Waals surface area (Å²) >= 11 is 1.48. The number of aromatic nitrogens is 3. The van der Waals surface area contributed by atoms with Crippen molar-refractivity contribution in [3.8, 4) is 5.75 Å². The molecule has 104 valence electrons. The number of nitrogens with one attached hydrogen (secondary N) is 3. The predicted molar refractivity (Wildman–Crippen MR) is 80.8 cm³/mol. The van der Waals surface area contributed by atoms with Crippen molar-refractivity contribution in [2.24, 2.45) is 0 Å². The Morgan fingerprint density at radius 3 is 2.85 bits per heavy atom. The van der Waals surface area contributed by atoms with E-state index in [1.807, 2.05) is 18.2 Å². The molecule has 2 heterocycles. The number of nitrogens with two attached hydrogens (primary N) is 2. The second kappa shape index (κ2) is 4.78. The summed E-state index contributed by atoms with van der Waals surface area (Å²) < 4.78 is 6.19. The van der Waals surface area contributed by atoms with Crippen molar-refractivity contribution in [3.63, 3.8) is 0 Å². The molecule has 20 heavy (non-hydrogen) atoms. The molecule has 0 spiro atoms. The molecule has 0 aliphatic carbocycles. The fraction of sp³-hybridized carbons (Fsp3) is 0.0909. The van der Waals surface area contributed by atoms with Gasteiger partial charge in [-0.05, 0) is 18.2 Å². The highest BCUT2D eigenvalue weighted by Gasteiger charge is 2.09. The van der Waals surface area contributed by atoms with Gasteiger partial charge in [-0.1, -0.05) is 11.3 Å². The number of anilines is 4. The normalized spacial score (nSPS) is 10.7. The van der Waals surface area contributed by atoms with E-state index in [9.17, 15) is 0 Å². The minimum atomic E-state index is 0.290. The number of rotatable bonds is 4. The van der Waals surface area contributed by atoms with Gasteiger partial charge in [-0.2, -0.15) is 5.10 Å². The fourth-order valence-corrected chi connectivity index (χ4v) is 2.55. The van der Waals surface area contributed by atoms with Gasteiger partial charge < -0.3 is 16.2 Å². The topological polar surface area (TPSA) is 127 Å². The molecule has 0 fully saturated rings. The molecule has 0 unspecified atom stereocenters. The van der Waals surface area contributed by atoms with Gasteiger partial charge in [0, 0.05) is 0 Å². The Morgan fingerprint density at radius 2 is 2.15 bits per heavy atom. The van der Waals surface area contributed by atoms with Crippen LogP contribution in [0.15, 0.2) is 18.2 Å². The van der Waals surface area contributed by atoms with Crippen molar-refractivity contribution in [1.82, 2.24) is 15.2 Å². The molecule has 8 nitrogen and oxygen atoms in total. The van der Waals surface area contributed by atoms with Crippen molar-refractivity contribution >= 4 is 44.0 Å². The number of hydrogen-bond acceptors (Lipinski definition) is 8. The van der Waals surface area contributed by atoms with Gasteiger partial charge in [-0.3, -0.25) is 16.0 Å². The summed E-state index contributed by atoms with van der Waals surface area (Å²) in [6.07, 6.45) is 0. The first-order chi connectivity index (χ1) is 9.67. The minimum absolute atomic E-state index is 0.290. The summed E-state index contributed by atoms with van der Waals surface area (Å²) in [5, 5.41) is 7.06. The van der Waals surface area contributed by atoms with Gasteiger partial charge in [0.15, 0.2) is 5.82 Å². The maximum absolute atomic E-state index is 5.68. The Hall–Kier alpha value is -2.68. The average Bonchev–Trinajstić information content (AvgIpc) is 2.99. The van der Waals surface area contributed by atoms with E-state index in [4.69, 9.17) is 16.2 Å². The predicted octanol–water partition coefficient (Wildman–Crippen LogP) is 1.63. The van der Waals surface area contributed by atoms with E-state index < -0.39 is 0 Å². The van der Waals surface area contributed by atoms with Gasteiger partial charge in [-0.25, -0.2) is 4.98 Å². The molecule has 0 bridgehead atoms. The number of fused-ring (bicyclic) bond motifs is 1. The summed E-state index contributed by atoms with van der Waals surface area (Å²) in [6, 6.07) is 5.69. The third-order valence-electron chi connectivity index (χ3n) is 2.71. The first-order valence-electron chi connectivity index (χ1n) is 5.73. The lowest BCUT2D eigenvalue weighted by atomic mass is 10.3. The summed E-state index contributed by atoms with van der Waals surface area (Å²) in [7, 11) is 1.63. The zero-order chi connectivity index (χ0) is 14.1. The Morgan fingerprint density at radius 1 is 1.30 bits per heavy atom. The van der Waals surface area contributed by atoms with Crippen LogP contribution in [-0.4, -0.2) is 22.3 Å². The van der Waals surface area contributed by atoms with E-state index >= 15 is 0 Å². The summed E-state index contributed by atoms with van der Waals surface area (Å²) in [5.74, 6) is 1.44. The third-order valence-corrected chi connectivity index (χ3v) is 3.65. The average molecular weight is 291 g/mol. The fourth-order valence-electron chi connectivity index (χ4n) is 1.70. The molecule has 0 atom stereocenters. The number of benzene rings is 1. The van der Waals surface area contributed by atoms with E-state index in [0.29, 0.717) is 16.6 Å². The lowest BCUT2D eigenvalue weighted by Crippen LogP contribution is -2.10. The van der Waals surface area contributed by atoms with Crippen LogP contribution in [0, 0.1) is 0 Å². The Kier molecular flexibility index (Phi) is 2.95. The Balaban J connectivity index is 1.81. The molecule has 3 rings (SSSR count). The third kappa shape index (κ3) is 2.14. The van der Waals surface area contributed by atoms with Gasteiger partial charge in [-0.15, -0.1) is 0 Å². The number of thiazole rings is 1. The van der Waals surface area contributed by atoms with Crippen LogP contribution in [0.5, 0.6) is 5.75 Å². The smallest absolute Gasteiger partial charge is 0.202 e. The van der Waals surface area contributed by atoms with E-state index in [1.165, 1.54) is 11.3 Å². The molecule has 0 aliphatic rings. The first-order valence-corrected chi connectivity index (χ1v) is 6.55. The van der Waals surface area contributed by atoms with Gasteiger partial charge in [0.25, 0.3) is 0 Å². The zero-order valence-corrected chi connectivity index (χ0v) is 11.4. The number of hydrazine groups is 1. The van der Waals surface area contributed by atoms with Gasteiger partial charge in [0.1, 0.15) is 17.3 Å². The van der Waals surface area contributed by atoms with Crippen LogP contribution in [0.4, 0.5) is 22.5 Å². The Bertz CT molecular complexity index is 731.